The number of hydrogen-bond acceptors (Lipinski definition) is 2. The maximum Gasteiger partial charge on any atom is 0.416 e. The summed E-state index contributed by atoms with van der Waals surface area (Å²) in [4.78, 5) is 1.89. The highest BCUT2D eigenvalue weighted by Gasteiger charge is 2.29. The minimum absolute atomic E-state index is 0.0981. The van der Waals surface area contributed by atoms with Gasteiger partial charge in [0.1, 0.15) is 0 Å². The lowest BCUT2D eigenvalue weighted by atomic mass is 10.1. The zero-order valence-corrected chi connectivity index (χ0v) is 13.4. The number of anilines is 1. The third-order valence-corrected chi connectivity index (χ3v) is 3.51. The predicted molar refractivity (Wildman–Crippen MR) is 84.2 cm³/mol. The Hall–Kier alpha value is -1.49. The summed E-state index contributed by atoms with van der Waals surface area (Å²) in [5.41, 5.74) is 0.124. The third kappa shape index (κ3) is 6.10. The highest BCUT2D eigenvalue weighted by atomic mass is 19.4. The van der Waals surface area contributed by atoms with Gasteiger partial charge in [0.25, 0.3) is 0 Å². The molecule has 0 aliphatic heterocycles. The van der Waals surface area contributed by atoms with Crippen LogP contribution in [0.2, 0.25) is 0 Å². The van der Waals surface area contributed by atoms with Gasteiger partial charge < -0.3 is 9.64 Å². The summed E-state index contributed by atoms with van der Waals surface area (Å²) in [6.07, 6.45) is 3.02. The van der Waals surface area contributed by atoms with E-state index >= 15 is 0 Å². The first kappa shape index (κ1) is 18.6. The second-order valence-electron chi connectivity index (χ2n) is 5.27. The number of hydrogen-bond donors (Lipinski definition) is 0. The SMILES string of the molecule is CCCCC(/C=C\CN(C)c1ccc(C(F)(F)F)cc1)OC. The van der Waals surface area contributed by atoms with Crippen molar-refractivity contribution in [3.63, 3.8) is 0 Å². The maximum absolute atomic E-state index is 12.5. The molecule has 0 N–H and O–H groups in total. The molecule has 1 rings (SSSR count). The number of methoxy groups -OCH3 is 1. The summed E-state index contributed by atoms with van der Waals surface area (Å²) >= 11 is 0. The van der Waals surface area contributed by atoms with E-state index in [4.69, 9.17) is 4.74 Å². The number of rotatable bonds is 8. The van der Waals surface area contributed by atoms with Crippen molar-refractivity contribution in [2.24, 2.45) is 0 Å². The average molecular weight is 315 g/mol. The van der Waals surface area contributed by atoms with Crippen molar-refractivity contribution in [3.05, 3.63) is 42.0 Å². The number of likely N-dealkylation sites (N-methyl/N-ethyl adjacent to an activating group) is 1. The highest BCUT2D eigenvalue weighted by Crippen LogP contribution is 2.30. The maximum atomic E-state index is 12.5. The third-order valence-electron chi connectivity index (χ3n) is 3.51. The standard InChI is InChI=1S/C17H24F3NO/c1-4-5-7-16(22-3)8-6-13-21(2)15-11-9-14(10-12-15)17(18,19)20/h6,8-12,16H,4-5,7,13H2,1-3H3/b8-6-. The Balaban J connectivity index is 2.56. The molecule has 2 nitrogen and oxygen atoms in total. The molecule has 0 heterocycles. The minimum atomic E-state index is -4.29. The molecule has 0 radical (unpaired) electrons. The van der Waals surface area contributed by atoms with Crippen LogP contribution in [0.1, 0.15) is 31.7 Å². The van der Waals surface area contributed by atoms with Gasteiger partial charge in [-0.25, -0.2) is 0 Å². The Morgan fingerprint density at radius 1 is 1.23 bits per heavy atom. The van der Waals surface area contributed by atoms with E-state index in [0.29, 0.717) is 6.54 Å². The fourth-order valence-corrected chi connectivity index (χ4v) is 2.08. The smallest absolute Gasteiger partial charge is 0.377 e. The van der Waals surface area contributed by atoms with Crippen LogP contribution in [0.5, 0.6) is 0 Å². The Morgan fingerprint density at radius 3 is 2.36 bits per heavy atom. The monoisotopic (exact) mass is 315 g/mol. The Bertz CT molecular complexity index is 454. The quantitative estimate of drug-likeness (QED) is 0.632. The molecule has 0 saturated carbocycles. The van der Waals surface area contributed by atoms with Crippen LogP contribution in [-0.2, 0) is 10.9 Å². The minimum Gasteiger partial charge on any atom is -0.377 e. The van der Waals surface area contributed by atoms with E-state index in [1.807, 2.05) is 24.1 Å². The van der Waals surface area contributed by atoms with Gasteiger partial charge in [0.05, 0.1) is 11.7 Å². The van der Waals surface area contributed by atoms with Crippen molar-refractivity contribution in [2.75, 3.05) is 25.6 Å². The second kappa shape index (κ2) is 8.83. The molecule has 0 fully saturated rings. The van der Waals surface area contributed by atoms with Gasteiger partial charge in [-0.3, -0.25) is 0 Å². The number of benzene rings is 1. The van der Waals surface area contributed by atoms with Gasteiger partial charge in [-0.15, -0.1) is 0 Å². The lowest BCUT2D eigenvalue weighted by molar-refractivity contribution is -0.137. The number of halogens is 3. The van der Waals surface area contributed by atoms with Crippen molar-refractivity contribution in [2.45, 2.75) is 38.5 Å². The first-order chi connectivity index (χ1) is 10.4. The van der Waals surface area contributed by atoms with Gasteiger partial charge in [0.2, 0.25) is 0 Å². The lowest BCUT2D eigenvalue weighted by Crippen LogP contribution is -2.18. The predicted octanol–water partition coefficient (Wildman–Crippen LogP) is 4.90. The van der Waals surface area contributed by atoms with Crippen LogP contribution < -0.4 is 4.90 Å². The van der Waals surface area contributed by atoms with E-state index in [2.05, 4.69) is 6.92 Å². The molecule has 0 aromatic heterocycles. The van der Waals surface area contributed by atoms with Crippen LogP contribution in [0, 0.1) is 0 Å². The summed E-state index contributed by atoms with van der Waals surface area (Å²) in [5.74, 6) is 0. The summed E-state index contributed by atoms with van der Waals surface area (Å²) in [6.45, 7) is 2.76. The Kier molecular flexibility index (Phi) is 7.45. The van der Waals surface area contributed by atoms with Gasteiger partial charge in [0.15, 0.2) is 0 Å². The molecule has 0 saturated heterocycles. The molecule has 0 amide bonds. The first-order valence-electron chi connectivity index (χ1n) is 7.46. The van der Waals surface area contributed by atoms with Crippen molar-refractivity contribution < 1.29 is 17.9 Å². The van der Waals surface area contributed by atoms with E-state index in [9.17, 15) is 13.2 Å². The number of unbranched alkanes of at least 4 members (excludes halogenated alkanes) is 1. The molecular formula is C17H24F3NO. The van der Waals surface area contributed by atoms with Crippen molar-refractivity contribution in [1.82, 2.24) is 0 Å². The molecule has 22 heavy (non-hydrogen) atoms. The molecule has 1 aromatic carbocycles. The van der Waals surface area contributed by atoms with E-state index in [-0.39, 0.29) is 6.10 Å². The number of ether oxygens (including phenoxy) is 1. The van der Waals surface area contributed by atoms with Crippen LogP contribution >= 0.6 is 0 Å². The lowest BCUT2D eigenvalue weighted by Gasteiger charge is -2.18. The van der Waals surface area contributed by atoms with Crippen LogP contribution in [0.3, 0.4) is 0 Å². The summed E-state index contributed by atoms with van der Waals surface area (Å²) in [5, 5.41) is 0. The van der Waals surface area contributed by atoms with Crippen molar-refractivity contribution in [1.29, 1.82) is 0 Å². The Morgan fingerprint density at radius 2 is 1.86 bits per heavy atom. The van der Waals surface area contributed by atoms with Crippen LogP contribution in [-0.4, -0.2) is 26.8 Å². The molecule has 5 heteroatoms. The molecule has 124 valence electrons. The van der Waals surface area contributed by atoms with Crippen LogP contribution in [0.4, 0.5) is 18.9 Å². The highest BCUT2D eigenvalue weighted by molar-refractivity contribution is 5.47. The van der Waals surface area contributed by atoms with Crippen LogP contribution in [0.25, 0.3) is 0 Å². The summed E-state index contributed by atoms with van der Waals surface area (Å²) < 4.78 is 42.9. The van der Waals surface area contributed by atoms with Crippen LogP contribution in [0.15, 0.2) is 36.4 Å². The molecular weight excluding hydrogens is 291 g/mol. The average Bonchev–Trinajstić information content (AvgIpc) is 2.49. The zero-order chi connectivity index (χ0) is 16.6. The van der Waals surface area contributed by atoms with E-state index in [1.165, 1.54) is 12.1 Å². The van der Waals surface area contributed by atoms with Gasteiger partial charge in [-0.1, -0.05) is 31.9 Å². The molecule has 1 unspecified atom stereocenters. The molecule has 0 aliphatic rings. The van der Waals surface area contributed by atoms with Crippen molar-refractivity contribution in [3.8, 4) is 0 Å². The van der Waals surface area contributed by atoms with E-state index in [1.54, 1.807) is 7.11 Å². The summed E-state index contributed by atoms with van der Waals surface area (Å²) in [6, 6.07) is 5.19. The molecule has 1 atom stereocenters. The largest absolute Gasteiger partial charge is 0.416 e. The molecule has 0 aliphatic carbocycles. The number of alkyl halides is 3. The van der Waals surface area contributed by atoms with Crippen molar-refractivity contribution >= 4 is 5.69 Å². The molecule has 0 spiro atoms. The topological polar surface area (TPSA) is 12.5 Å². The Labute approximate surface area is 130 Å². The fourth-order valence-electron chi connectivity index (χ4n) is 2.08. The fraction of sp³-hybridized carbons (Fsp3) is 0.529. The van der Waals surface area contributed by atoms with Gasteiger partial charge in [-0.05, 0) is 30.7 Å². The second-order valence-corrected chi connectivity index (χ2v) is 5.27. The zero-order valence-electron chi connectivity index (χ0n) is 13.4. The molecule has 1 aromatic rings. The van der Waals surface area contributed by atoms with E-state index in [0.717, 1.165) is 37.1 Å². The van der Waals surface area contributed by atoms with E-state index < -0.39 is 11.7 Å². The summed E-state index contributed by atoms with van der Waals surface area (Å²) in [7, 11) is 3.53. The van der Waals surface area contributed by atoms with Gasteiger partial charge in [0, 0.05) is 26.4 Å². The number of nitrogens with zero attached hydrogens (tertiary/aromatic N) is 1. The van der Waals surface area contributed by atoms with Gasteiger partial charge in [-0.2, -0.15) is 13.2 Å². The first-order valence-corrected chi connectivity index (χ1v) is 7.46. The molecule has 0 bridgehead atoms. The van der Waals surface area contributed by atoms with Gasteiger partial charge >= 0.3 is 6.18 Å². The normalized spacial score (nSPS) is 13.5.